The van der Waals surface area contributed by atoms with Crippen LogP contribution in [0.4, 0.5) is 5.82 Å². The van der Waals surface area contributed by atoms with Crippen LogP contribution in [0.5, 0.6) is 0 Å². The molecule has 0 aliphatic carbocycles. The molecule has 0 fully saturated rings. The van der Waals surface area contributed by atoms with Crippen LogP contribution in [0, 0.1) is 11.8 Å². The van der Waals surface area contributed by atoms with E-state index in [0.717, 1.165) is 12.2 Å². The smallest absolute Gasteiger partial charge is 0.141 e. The molecule has 3 nitrogen and oxygen atoms in total. The first kappa shape index (κ1) is 8.88. The molecule has 0 bridgehead atoms. The number of nitrogen functional groups attached to an aromatic ring is 1. The van der Waals surface area contributed by atoms with Gasteiger partial charge in [0.25, 0.3) is 0 Å². The van der Waals surface area contributed by atoms with Crippen molar-refractivity contribution in [3.8, 4) is 11.8 Å². The summed E-state index contributed by atoms with van der Waals surface area (Å²) in [5, 5.41) is 0. The van der Waals surface area contributed by atoms with E-state index < -0.39 is 0 Å². The Bertz CT molecular complexity index is 296. The molecule has 1 aromatic rings. The second-order valence-corrected chi connectivity index (χ2v) is 2.55. The topological polar surface area (TPSA) is 51.8 Å². The fourth-order valence-electron chi connectivity index (χ4n) is 0.612. The van der Waals surface area contributed by atoms with Crippen molar-refractivity contribution in [1.29, 1.82) is 0 Å². The highest BCUT2D eigenvalue weighted by atomic mass is 32.1. The van der Waals surface area contributed by atoms with Crippen molar-refractivity contribution < 1.29 is 0 Å². The van der Waals surface area contributed by atoms with Crippen LogP contribution in [0.1, 0.15) is 12.1 Å². The second kappa shape index (κ2) is 4.62. The van der Waals surface area contributed by atoms with Gasteiger partial charge in [-0.25, -0.2) is 9.97 Å². The highest BCUT2D eigenvalue weighted by Crippen LogP contribution is 1.93. The molecular formula is C8H9N3S. The van der Waals surface area contributed by atoms with Gasteiger partial charge in [-0.15, -0.1) is 0 Å². The minimum atomic E-state index is 0.412. The third-order valence-electron chi connectivity index (χ3n) is 1.13. The van der Waals surface area contributed by atoms with Crippen molar-refractivity contribution in [2.75, 3.05) is 11.5 Å². The molecule has 12 heavy (non-hydrogen) atoms. The fourth-order valence-corrected chi connectivity index (χ4v) is 0.723. The lowest BCUT2D eigenvalue weighted by molar-refractivity contribution is 1.18. The first-order valence-electron chi connectivity index (χ1n) is 3.50. The largest absolute Gasteiger partial charge is 0.382 e. The first-order chi connectivity index (χ1) is 5.83. The lowest BCUT2D eigenvalue weighted by Gasteiger charge is -1.89. The van der Waals surface area contributed by atoms with Crippen molar-refractivity contribution in [2.24, 2.45) is 0 Å². The van der Waals surface area contributed by atoms with E-state index in [4.69, 9.17) is 5.73 Å². The van der Waals surface area contributed by atoms with Gasteiger partial charge >= 0.3 is 0 Å². The number of nitrogens with zero attached hydrogens (tertiary/aromatic N) is 2. The molecule has 0 spiro atoms. The van der Waals surface area contributed by atoms with Gasteiger partial charge in [0.1, 0.15) is 11.5 Å². The molecule has 62 valence electrons. The van der Waals surface area contributed by atoms with Crippen molar-refractivity contribution in [3.05, 3.63) is 18.1 Å². The van der Waals surface area contributed by atoms with Crippen LogP contribution < -0.4 is 5.73 Å². The summed E-state index contributed by atoms with van der Waals surface area (Å²) in [6.45, 7) is 0. The molecular weight excluding hydrogens is 170 g/mol. The van der Waals surface area contributed by atoms with Gasteiger partial charge < -0.3 is 5.73 Å². The number of aromatic nitrogens is 2. The van der Waals surface area contributed by atoms with E-state index in [1.54, 1.807) is 6.20 Å². The molecule has 0 aliphatic rings. The monoisotopic (exact) mass is 179 g/mol. The standard InChI is InChI=1S/C8H9N3S/c9-8-6-10-7(5-11-8)3-1-2-4-12/h5-6,12H,2,4H2,(H2,9,11). The molecule has 0 aliphatic heterocycles. The highest BCUT2D eigenvalue weighted by molar-refractivity contribution is 7.80. The second-order valence-electron chi connectivity index (χ2n) is 2.10. The molecule has 0 atom stereocenters. The minimum Gasteiger partial charge on any atom is -0.382 e. The summed E-state index contributed by atoms with van der Waals surface area (Å²) >= 11 is 4.02. The van der Waals surface area contributed by atoms with Gasteiger partial charge in [0, 0.05) is 12.2 Å². The summed E-state index contributed by atoms with van der Waals surface area (Å²) in [5.41, 5.74) is 5.99. The number of hydrogen-bond donors (Lipinski definition) is 2. The molecule has 0 unspecified atom stereocenters. The summed E-state index contributed by atoms with van der Waals surface area (Å²) in [6, 6.07) is 0. The van der Waals surface area contributed by atoms with Gasteiger partial charge in [-0.3, -0.25) is 0 Å². The average Bonchev–Trinajstić information content (AvgIpc) is 2.09. The Morgan fingerprint density at radius 2 is 2.25 bits per heavy atom. The van der Waals surface area contributed by atoms with Crippen LogP contribution in [0.25, 0.3) is 0 Å². The van der Waals surface area contributed by atoms with Crippen LogP contribution in [-0.2, 0) is 0 Å². The molecule has 0 radical (unpaired) electrons. The van der Waals surface area contributed by atoms with Crippen LogP contribution in [0.2, 0.25) is 0 Å². The molecule has 0 saturated heterocycles. The zero-order valence-corrected chi connectivity index (χ0v) is 7.38. The third kappa shape index (κ3) is 2.81. The van der Waals surface area contributed by atoms with Gasteiger partial charge in [-0.1, -0.05) is 5.92 Å². The fraction of sp³-hybridized carbons (Fsp3) is 0.250. The molecule has 0 saturated carbocycles. The number of thiol groups is 1. The Balaban J connectivity index is 2.66. The van der Waals surface area contributed by atoms with Gasteiger partial charge in [-0.05, 0) is 5.92 Å². The summed E-state index contributed by atoms with van der Waals surface area (Å²) in [5.74, 6) is 6.92. The van der Waals surface area contributed by atoms with Crippen LogP contribution in [0.3, 0.4) is 0 Å². The predicted molar refractivity (Wildman–Crippen MR) is 51.8 cm³/mol. The van der Waals surface area contributed by atoms with Crippen molar-refractivity contribution in [3.63, 3.8) is 0 Å². The van der Waals surface area contributed by atoms with E-state index in [9.17, 15) is 0 Å². The summed E-state index contributed by atoms with van der Waals surface area (Å²) in [6.07, 6.45) is 3.81. The molecule has 2 N–H and O–H groups in total. The van der Waals surface area contributed by atoms with E-state index in [0.29, 0.717) is 11.5 Å². The van der Waals surface area contributed by atoms with Gasteiger partial charge in [-0.2, -0.15) is 12.6 Å². The number of hydrogen-bond acceptors (Lipinski definition) is 4. The van der Waals surface area contributed by atoms with Gasteiger partial charge in [0.2, 0.25) is 0 Å². The van der Waals surface area contributed by atoms with Crippen LogP contribution in [0.15, 0.2) is 12.4 Å². The Kier molecular flexibility index (Phi) is 3.42. The molecule has 1 heterocycles. The molecule has 0 amide bonds. The van der Waals surface area contributed by atoms with Crippen LogP contribution >= 0.6 is 12.6 Å². The molecule has 0 aromatic carbocycles. The Morgan fingerprint density at radius 1 is 1.42 bits per heavy atom. The van der Waals surface area contributed by atoms with E-state index in [-0.39, 0.29) is 0 Å². The zero-order chi connectivity index (χ0) is 8.81. The van der Waals surface area contributed by atoms with Crippen LogP contribution in [-0.4, -0.2) is 15.7 Å². The van der Waals surface area contributed by atoms with Gasteiger partial charge in [0.05, 0.1) is 12.4 Å². The Morgan fingerprint density at radius 3 is 2.83 bits per heavy atom. The lowest BCUT2D eigenvalue weighted by atomic mass is 10.4. The van der Waals surface area contributed by atoms with E-state index in [1.807, 2.05) is 0 Å². The Labute approximate surface area is 76.8 Å². The van der Waals surface area contributed by atoms with Crippen molar-refractivity contribution in [1.82, 2.24) is 9.97 Å². The summed E-state index contributed by atoms with van der Waals surface area (Å²) < 4.78 is 0. The average molecular weight is 179 g/mol. The third-order valence-corrected chi connectivity index (χ3v) is 1.35. The maximum atomic E-state index is 5.35. The van der Waals surface area contributed by atoms with E-state index in [2.05, 4.69) is 34.4 Å². The quantitative estimate of drug-likeness (QED) is 0.493. The normalized spacial score (nSPS) is 8.75. The van der Waals surface area contributed by atoms with E-state index >= 15 is 0 Å². The molecule has 4 heteroatoms. The Hall–Kier alpha value is -1.21. The maximum absolute atomic E-state index is 5.35. The minimum absolute atomic E-state index is 0.412. The van der Waals surface area contributed by atoms with E-state index in [1.165, 1.54) is 6.20 Å². The number of rotatable bonds is 1. The zero-order valence-electron chi connectivity index (χ0n) is 6.49. The van der Waals surface area contributed by atoms with Crippen molar-refractivity contribution in [2.45, 2.75) is 6.42 Å². The molecule has 1 aromatic heterocycles. The highest BCUT2D eigenvalue weighted by Gasteiger charge is 1.87. The lowest BCUT2D eigenvalue weighted by Crippen LogP contribution is -1.92. The van der Waals surface area contributed by atoms with Gasteiger partial charge in [0.15, 0.2) is 0 Å². The molecule has 1 rings (SSSR count). The number of nitrogens with two attached hydrogens (primary N) is 1. The first-order valence-corrected chi connectivity index (χ1v) is 4.13. The maximum Gasteiger partial charge on any atom is 0.141 e. The van der Waals surface area contributed by atoms with Crippen molar-refractivity contribution >= 4 is 18.4 Å². The SMILES string of the molecule is Nc1cnc(C#CCCS)cn1. The predicted octanol–water partition coefficient (Wildman–Crippen LogP) is 0.730. The number of anilines is 1. The summed E-state index contributed by atoms with van der Waals surface area (Å²) in [4.78, 5) is 7.82. The summed E-state index contributed by atoms with van der Waals surface area (Å²) in [7, 11) is 0.